The van der Waals surface area contributed by atoms with Crippen LogP contribution in [0.5, 0.6) is 0 Å². The third-order valence-electron chi connectivity index (χ3n) is 4.64. The number of nitrogens with one attached hydrogen (secondary N) is 1. The molecule has 21 heavy (non-hydrogen) atoms. The Labute approximate surface area is 128 Å². The molecule has 110 valence electrons. The summed E-state index contributed by atoms with van der Waals surface area (Å²) in [6.07, 6.45) is 4.47. The van der Waals surface area contributed by atoms with Gasteiger partial charge in [-0.15, -0.1) is 0 Å². The van der Waals surface area contributed by atoms with Gasteiger partial charge >= 0.3 is 0 Å². The number of anilines is 1. The largest absolute Gasteiger partial charge is 0.384 e. The van der Waals surface area contributed by atoms with Crippen molar-refractivity contribution in [3.05, 3.63) is 52.6 Å². The first-order valence-electron chi connectivity index (χ1n) is 8.28. The summed E-state index contributed by atoms with van der Waals surface area (Å²) >= 11 is 0. The maximum absolute atomic E-state index is 3.51. The van der Waals surface area contributed by atoms with Crippen LogP contribution < -0.4 is 5.32 Å². The van der Waals surface area contributed by atoms with E-state index in [0.29, 0.717) is 0 Å². The average molecular weight is 279 g/mol. The smallest absolute Gasteiger partial charge is 0.0379 e. The SMILES string of the molecule is CCc1cc(CC)c(-c2ccc3c(c2)NCC3)c(CC)c1. The van der Waals surface area contributed by atoms with Gasteiger partial charge in [0.1, 0.15) is 0 Å². The van der Waals surface area contributed by atoms with E-state index in [-0.39, 0.29) is 0 Å². The minimum absolute atomic E-state index is 1.08. The summed E-state index contributed by atoms with van der Waals surface area (Å²) < 4.78 is 0. The van der Waals surface area contributed by atoms with Crippen molar-refractivity contribution in [2.45, 2.75) is 46.5 Å². The van der Waals surface area contributed by atoms with E-state index in [9.17, 15) is 0 Å². The first-order chi connectivity index (χ1) is 10.3. The molecule has 0 unspecified atom stereocenters. The zero-order chi connectivity index (χ0) is 14.8. The Bertz CT molecular complexity index is 630. The van der Waals surface area contributed by atoms with Crippen molar-refractivity contribution < 1.29 is 0 Å². The fourth-order valence-electron chi connectivity index (χ4n) is 3.42. The van der Waals surface area contributed by atoms with Gasteiger partial charge in [0.25, 0.3) is 0 Å². The lowest BCUT2D eigenvalue weighted by atomic mass is 9.88. The molecule has 0 spiro atoms. The predicted molar refractivity (Wildman–Crippen MR) is 92.2 cm³/mol. The maximum Gasteiger partial charge on any atom is 0.0379 e. The van der Waals surface area contributed by atoms with Crippen molar-refractivity contribution >= 4 is 5.69 Å². The summed E-state index contributed by atoms with van der Waals surface area (Å²) in [5.41, 5.74) is 10.1. The van der Waals surface area contributed by atoms with E-state index in [0.717, 1.165) is 32.2 Å². The lowest BCUT2D eigenvalue weighted by molar-refractivity contribution is 1.05. The van der Waals surface area contributed by atoms with Gasteiger partial charge in [-0.2, -0.15) is 0 Å². The highest BCUT2D eigenvalue weighted by atomic mass is 14.9. The molecule has 0 saturated carbocycles. The fraction of sp³-hybridized carbons (Fsp3) is 0.400. The molecule has 1 N–H and O–H groups in total. The molecular weight excluding hydrogens is 254 g/mol. The molecule has 1 aliphatic heterocycles. The van der Waals surface area contributed by atoms with Crippen molar-refractivity contribution in [3.63, 3.8) is 0 Å². The molecular formula is C20H25N. The molecule has 0 aliphatic carbocycles. The predicted octanol–water partition coefficient (Wildman–Crippen LogP) is 5.01. The normalized spacial score (nSPS) is 13.1. The summed E-state index contributed by atoms with van der Waals surface area (Å²) in [5.74, 6) is 0. The molecule has 0 fully saturated rings. The highest BCUT2D eigenvalue weighted by molar-refractivity contribution is 5.76. The Balaban J connectivity index is 2.16. The van der Waals surface area contributed by atoms with Crippen LogP contribution in [0.15, 0.2) is 30.3 Å². The van der Waals surface area contributed by atoms with Crippen LogP contribution in [0.1, 0.15) is 43.0 Å². The Kier molecular flexibility index (Phi) is 4.01. The van der Waals surface area contributed by atoms with Gasteiger partial charge < -0.3 is 5.32 Å². The Morgan fingerprint density at radius 3 is 2.24 bits per heavy atom. The van der Waals surface area contributed by atoms with Crippen LogP contribution in [0.2, 0.25) is 0 Å². The summed E-state index contributed by atoms with van der Waals surface area (Å²) in [6.45, 7) is 7.86. The number of hydrogen-bond donors (Lipinski definition) is 1. The molecule has 1 heterocycles. The minimum atomic E-state index is 1.08. The Morgan fingerprint density at radius 2 is 1.62 bits per heavy atom. The van der Waals surface area contributed by atoms with E-state index in [4.69, 9.17) is 0 Å². The molecule has 0 radical (unpaired) electrons. The van der Waals surface area contributed by atoms with Gasteiger partial charge in [0.15, 0.2) is 0 Å². The first-order valence-corrected chi connectivity index (χ1v) is 8.28. The number of aryl methyl sites for hydroxylation is 3. The second kappa shape index (κ2) is 5.93. The molecule has 2 aromatic rings. The van der Waals surface area contributed by atoms with Crippen molar-refractivity contribution in [2.75, 3.05) is 11.9 Å². The number of fused-ring (bicyclic) bond motifs is 1. The van der Waals surface area contributed by atoms with Crippen LogP contribution in [0.3, 0.4) is 0 Å². The summed E-state index contributed by atoms with van der Waals surface area (Å²) in [4.78, 5) is 0. The van der Waals surface area contributed by atoms with Gasteiger partial charge in [-0.1, -0.05) is 45.0 Å². The maximum atomic E-state index is 3.51. The van der Waals surface area contributed by atoms with Gasteiger partial charge in [0.2, 0.25) is 0 Å². The van der Waals surface area contributed by atoms with E-state index in [1.165, 1.54) is 39.1 Å². The second-order valence-electron chi connectivity index (χ2n) is 5.90. The van der Waals surface area contributed by atoms with Crippen molar-refractivity contribution in [1.82, 2.24) is 0 Å². The van der Waals surface area contributed by atoms with E-state index in [1.807, 2.05) is 0 Å². The molecule has 2 aromatic carbocycles. The molecule has 1 aliphatic rings. The molecule has 0 aromatic heterocycles. The topological polar surface area (TPSA) is 12.0 Å². The third kappa shape index (κ3) is 2.57. The van der Waals surface area contributed by atoms with E-state index < -0.39 is 0 Å². The fourth-order valence-corrected chi connectivity index (χ4v) is 3.42. The second-order valence-corrected chi connectivity index (χ2v) is 5.90. The van der Waals surface area contributed by atoms with Crippen LogP contribution in [-0.4, -0.2) is 6.54 Å². The zero-order valence-corrected chi connectivity index (χ0v) is 13.4. The van der Waals surface area contributed by atoms with E-state index in [1.54, 1.807) is 0 Å². The van der Waals surface area contributed by atoms with Gasteiger partial charge in [-0.25, -0.2) is 0 Å². The van der Waals surface area contributed by atoms with Crippen molar-refractivity contribution in [2.24, 2.45) is 0 Å². The molecule has 0 amide bonds. The molecule has 0 bridgehead atoms. The Morgan fingerprint density at radius 1 is 0.905 bits per heavy atom. The van der Waals surface area contributed by atoms with E-state index in [2.05, 4.69) is 56.4 Å². The molecule has 3 rings (SSSR count). The quantitative estimate of drug-likeness (QED) is 0.829. The van der Waals surface area contributed by atoms with Gasteiger partial charge in [-0.05, 0) is 65.1 Å². The molecule has 0 atom stereocenters. The lowest BCUT2D eigenvalue weighted by Crippen LogP contribution is -1.98. The van der Waals surface area contributed by atoms with E-state index >= 15 is 0 Å². The van der Waals surface area contributed by atoms with Crippen LogP contribution in [0.25, 0.3) is 11.1 Å². The lowest BCUT2D eigenvalue weighted by Gasteiger charge is -2.17. The van der Waals surface area contributed by atoms with Crippen LogP contribution in [0, 0.1) is 0 Å². The molecule has 1 heteroatoms. The van der Waals surface area contributed by atoms with Crippen molar-refractivity contribution in [1.29, 1.82) is 0 Å². The Hall–Kier alpha value is -1.76. The van der Waals surface area contributed by atoms with Crippen LogP contribution >= 0.6 is 0 Å². The first kappa shape index (κ1) is 14.2. The van der Waals surface area contributed by atoms with Crippen LogP contribution in [0.4, 0.5) is 5.69 Å². The number of rotatable bonds is 4. The van der Waals surface area contributed by atoms with Gasteiger partial charge in [0, 0.05) is 12.2 Å². The van der Waals surface area contributed by atoms with Gasteiger partial charge in [-0.3, -0.25) is 0 Å². The summed E-state index contributed by atoms with van der Waals surface area (Å²) in [6, 6.07) is 11.8. The summed E-state index contributed by atoms with van der Waals surface area (Å²) in [7, 11) is 0. The zero-order valence-electron chi connectivity index (χ0n) is 13.4. The number of hydrogen-bond acceptors (Lipinski definition) is 1. The molecule has 0 saturated heterocycles. The third-order valence-corrected chi connectivity index (χ3v) is 4.64. The van der Waals surface area contributed by atoms with Gasteiger partial charge in [0.05, 0.1) is 0 Å². The molecule has 1 nitrogen and oxygen atoms in total. The summed E-state index contributed by atoms with van der Waals surface area (Å²) in [5, 5.41) is 3.51. The monoisotopic (exact) mass is 279 g/mol. The highest BCUT2D eigenvalue weighted by Gasteiger charge is 2.15. The van der Waals surface area contributed by atoms with Crippen molar-refractivity contribution in [3.8, 4) is 11.1 Å². The van der Waals surface area contributed by atoms with Crippen LogP contribution in [-0.2, 0) is 25.7 Å². The minimum Gasteiger partial charge on any atom is -0.384 e. The number of benzene rings is 2. The average Bonchev–Trinajstić information content (AvgIpc) is 3.00. The standard InChI is InChI=1S/C20H25N/c1-4-14-11-15(5-2)20(16(6-3)12-14)18-8-7-17-9-10-21-19(17)13-18/h7-8,11-13,21H,4-6,9-10H2,1-3H3. The highest BCUT2D eigenvalue weighted by Crippen LogP contribution is 2.34.